The second kappa shape index (κ2) is 15.7. The summed E-state index contributed by atoms with van der Waals surface area (Å²) in [5.74, 6) is 3.34. The minimum atomic E-state index is 0.400. The largest absolute Gasteiger partial charge is 0.494 e. The molecule has 5 rings (SSSR count). The minimum Gasteiger partial charge on any atom is -0.494 e. The number of hydrogen-bond acceptors (Lipinski definition) is 8. The van der Waals surface area contributed by atoms with Gasteiger partial charge in [-0.05, 0) is 85.1 Å². The van der Waals surface area contributed by atoms with Crippen molar-refractivity contribution in [3.8, 4) is 57.3 Å². The molecular weight excluding hydrogens is 552 g/mol. The molecule has 0 aliphatic heterocycles. The molecule has 0 spiro atoms. The lowest BCUT2D eigenvalue weighted by Gasteiger charge is -2.06. The summed E-state index contributed by atoms with van der Waals surface area (Å²) in [5, 5.41) is 17.1. The van der Waals surface area contributed by atoms with Crippen molar-refractivity contribution in [2.45, 2.75) is 65.2 Å². The van der Waals surface area contributed by atoms with E-state index in [1.54, 1.807) is 6.08 Å². The smallest absolute Gasteiger partial charge is 0.248 e. The predicted molar refractivity (Wildman–Crippen MR) is 173 cm³/mol. The number of unbranched alkanes of at least 4 members (excludes halogenated alkanes) is 6. The van der Waals surface area contributed by atoms with Gasteiger partial charge in [0.2, 0.25) is 23.6 Å². The Labute approximate surface area is 259 Å². The first-order valence-corrected chi connectivity index (χ1v) is 15.6. The highest BCUT2D eigenvalue weighted by atomic mass is 16.5. The number of benzene rings is 3. The fourth-order valence-corrected chi connectivity index (χ4v) is 4.79. The van der Waals surface area contributed by atoms with E-state index >= 15 is 0 Å². The summed E-state index contributed by atoms with van der Waals surface area (Å²) >= 11 is 0. The van der Waals surface area contributed by atoms with Crippen LogP contribution in [-0.2, 0) is 0 Å². The lowest BCUT2D eigenvalue weighted by atomic mass is 10.0. The van der Waals surface area contributed by atoms with E-state index in [4.69, 9.17) is 18.3 Å². The topological polar surface area (TPSA) is 96.3 Å². The summed E-state index contributed by atoms with van der Waals surface area (Å²) in [4.78, 5) is 0. The molecule has 228 valence electrons. The molecular formula is C36H40N4O4. The number of ether oxygens (including phenoxy) is 2. The summed E-state index contributed by atoms with van der Waals surface area (Å²) in [6.07, 6.45) is 11.1. The Hall–Kier alpha value is -4.72. The van der Waals surface area contributed by atoms with Gasteiger partial charge < -0.3 is 18.3 Å². The molecule has 8 nitrogen and oxygen atoms in total. The zero-order chi connectivity index (χ0) is 30.6. The third kappa shape index (κ3) is 8.01. The van der Waals surface area contributed by atoms with Crippen LogP contribution < -0.4 is 9.47 Å². The van der Waals surface area contributed by atoms with E-state index in [0.29, 0.717) is 23.6 Å². The maximum absolute atomic E-state index is 6.05. The summed E-state index contributed by atoms with van der Waals surface area (Å²) in [6, 6.07) is 21.2. The van der Waals surface area contributed by atoms with Crippen molar-refractivity contribution in [2.75, 3.05) is 13.2 Å². The molecule has 44 heavy (non-hydrogen) atoms. The van der Waals surface area contributed by atoms with Crippen molar-refractivity contribution in [2.24, 2.45) is 0 Å². The Kier molecular flexibility index (Phi) is 10.9. The van der Waals surface area contributed by atoms with E-state index in [-0.39, 0.29) is 0 Å². The number of rotatable bonds is 17. The quantitative estimate of drug-likeness (QED) is 0.0985. The van der Waals surface area contributed by atoms with E-state index in [1.165, 1.54) is 38.5 Å². The molecule has 3 aromatic carbocycles. The molecule has 2 aromatic heterocycles. The molecule has 0 saturated heterocycles. The molecule has 0 amide bonds. The van der Waals surface area contributed by atoms with Gasteiger partial charge in [0.15, 0.2) is 0 Å². The van der Waals surface area contributed by atoms with Crippen LogP contribution in [-0.4, -0.2) is 33.6 Å². The molecule has 0 fully saturated rings. The van der Waals surface area contributed by atoms with Gasteiger partial charge in [-0.2, -0.15) is 0 Å². The van der Waals surface area contributed by atoms with E-state index in [9.17, 15) is 0 Å². The lowest BCUT2D eigenvalue weighted by Crippen LogP contribution is -1.96. The molecule has 2 heterocycles. The van der Waals surface area contributed by atoms with E-state index < -0.39 is 0 Å². The highest BCUT2D eigenvalue weighted by molar-refractivity contribution is 5.75. The van der Waals surface area contributed by atoms with Crippen molar-refractivity contribution in [3.63, 3.8) is 0 Å². The van der Waals surface area contributed by atoms with E-state index in [2.05, 4.69) is 40.8 Å². The Morgan fingerprint density at radius 2 is 1.02 bits per heavy atom. The minimum absolute atomic E-state index is 0.400. The third-order valence-corrected chi connectivity index (χ3v) is 7.33. The van der Waals surface area contributed by atoms with E-state index in [0.717, 1.165) is 65.4 Å². The third-order valence-electron chi connectivity index (χ3n) is 7.33. The fourth-order valence-electron chi connectivity index (χ4n) is 4.79. The molecule has 0 bridgehead atoms. The van der Waals surface area contributed by atoms with Crippen molar-refractivity contribution in [1.29, 1.82) is 0 Å². The van der Waals surface area contributed by atoms with Crippen LogP contribution in [0.3, 0.4) is 0 Å². The van der Waals surface area contributed by atoms with Crippen LogP contribution in [0.4, 0.5) is 0 Å². The first-order valence-electron chi connectivity index (χ1n) is 15.6. The zero-order valence-electron chi connectivity index (χ0n) is 25.6. The first kappa shape index (κ1) is 30.7. The van der Waals surface area contributed by atoms with Crippen LogP contribution >= 0.6 is 0 Å². The normalized spacial score (nSPS) is 11.0. The van der Waals surface area contributed by atoms with Crippen molar-refractivity contribution >= 4 is 6.08 Å². The molecule has 0 unspecified atom stereocenters. The van der Waals surface area contributed by atoms with Crippen molar-refractivity contribution in [3.05, 3.63) is 78.9 Å². The average Bonchev–Trinajstić information content (AvgIpc) is 3.76. The lowest BCUT2D eigenvalue weighted by molar-refractivity contribution is 0.305. The fraction of sp³-hybridized carbons (Fsp3) is 0.333. The average molecular weight is 593 g/mol. The predicted octanol–water partition coefficient (Wildman–Crippen LogP) is 9.68. The van der Waals surface area contributed by atoms with Gasteiger partial charge in [-0.1, -0.05) is 65.0 Å². The zero-order valence-corrected chi connectivity index (χ0v) is 25.6. The molecule has 0 aliphatic rings. The first-order chi connectivity index (χ1) is 21.7. The molecule has 0 atom stereocenters. The van der Waals surface area contributed by atoms with Crippen LogP contribution in [0.1, 0.15) is 70.8 Å². The molecule has 8 heteroatoms. The molecule has 5 aromatic rings. The van der Waals surface area contributed by atoms with Gasteiger partial charge in [0.05, 0.1) is 13.2 Å². The molecule has 0 saturated carbocycles. The van der Waals surface area contributed by atoms with Crippen LogP contribution in [0.5, 0.6) is 11.5 Å². The number of hydrogen-bond donors (Lipinski definition) is 0. The Balaban J connectivity index is 1.23. The monoisotopic (exact) mass is 592 g/mol. The van der Waals surface area contributed by atoms with E-state index in [1.807, 2.05) is 66.7 Å². The van der Waals surface area contributed by atoms with Gasteiger partial charge >= 0.3 is 0 Å². The summed E-state index contributed by atoms with van der Waals surface area (Å²) < 4.78 is 23.8. The van der Waals surface area contributed by atoms with Crippen molar-refractivity contribution in [1.82, 2.24) is 20.4 Å². The number of nitrogens with zero attached hydrogens (tertiary/aromatic N) is 4. The standard InChI is InChI=1S/C36H40N4O4/c1-4-7-9-11-23-41-30-18-13-27(14-19-30)33-37-39-35(43-33)29-17-22-32(26(6-3)25-29)36-40-38-34(44-36)28-15-20-31(21-16-28)42-24-12-10-8-5-2/h6,13-22,25H,3-5,7-12,23-24H2,1-2H3. The van der Waals surface area contributed by atoms with Gasteiger partial charge in [-0.3, -0.25) is 0 Å². The van der Waals surface area contributed by atoms with Gasteiger partial charge in [0, 0.05) is 22.3 Å². The van der Waals surface area contributed by atoms with Gasteiger partial charge in [0.25, 0.3) is 0 Å². The van der Waals surface area contributed by atoms with Crippen LogP contribution in [0.2, 0.25) is 0 Å². The highest BCUT2D eigenvalue weighted by Gasteiger charge is 2.17. The van der Waals surface area contributed by atoms with Crippen LogP contribution in [0.25, 0.3) is 51.9 Å². The number of aromatic nitrogens is 4. The summed E-state index contributed by atoms with van der Waals surface area (Å²) in [5.41, 5.74) is 3.99. The Morgan fingerprint density at radius 3 is 1.52 bits per heavy atom. The maximum Gasteiger partial charge on any atom is 0.248 e. The molecule has 0 aliphatic carbocycles. The van der Waals surface area contributed by atoms with Crippen LogP contribution in [0.15, 0.2) is 82.1 Å². The maximum atomic E-state index is 6.05. The van der Waals surface area contributed by atoms with Crippen molar-refractivity contribution < 1.29 is 18.3 Å². The molecule has 0 radical (unpaired) electrons. The summed E-state index contributed by atoms with van der Waals surface area (Å²) in [6.45, 7) is 9.83. The SMILES string of the molecule is C=Cc1cc(-c2nnc(-c3ccc(OCCCCCC)cc3)o2)ccc1-c1nnc(-c2ccc(OCCCCCC)cc2)o1. The second-order valence-corrected chi connectivity index (χ2v) is 10.7. The van der Waals surface area contributed by atoms with Gasteiger partial charge in [-0.25, -0.2) is 0 Å². The van der Waals surface area contributed by atoms with Gasteiger partial charge in [0.1, 0.15) is 11.5 Å². The highest BCUT2D eigenvalue weighted by Crippen LogP contribution is 2.32. The Morgan fingerprint density at radius 1 is 0.568 bits per heavy atom. The molecule has 0 N–H and O–H groups in total. The summed E-state index contributed by atoms with van der Waals surface area (Å²) in [7, 11) is 0. The Bertz CT molecular complexity index is 1610. The van der Waals surface area contributed by atoms with Crippen LogP contribution in [0, 0.1) is 0 Å². The second-order valence-electron chi connectivity index (χ2n) is 10.7. The van der Waals surface area contributed by atoms with Gasteiger partial charge in [-0.15, -0.1) is 20.4 Å².